The summed E-state index contributed by atoms with van der Waals surface area (Å²) in [6.45, 7) is 0.396. The van der Waals surface area contributed by atoms with E-state index in [0.29, 0.717) is 18.9 Å². The number of hydrogen-bond acceptors (Lipinski definition) is 2. The first-order valence-corrected chi connectivity index (χ1v) is 7.24. The molecule has 0 unspecified atom stereocenters. The number of benzene rings is 1. The van der Waals surface area contributed by atoms with E-state index in [0.717, 1.165) is 18.4 Å². The Morgan fingerprint density at radius 2 is 1.95 bits per heavy atom. The molecule has 0 aliphatic heterocycles. The summed E-state index contributed by atoms with van der Waals surface area (Å²) in [6, 6.07) is 6.68. The first-order chi connectivity index (χ1) is 9.65. The van der Waals surface area contributed by atoms with E-state index < -0.39 is 5.97 Å². The third-order valence-corrected chi connectivity index (χ3v) is 3.86. The van der Waals surface area contributed by atoms with E-state index in [1.54, 1.807) is 18.2 Å². The Kier molecular flexibility index (Phi) is 5.16. The van der Waals surface area contributed by atoms with Crippen molar-refractivity contribution in [2.24, 2.45) is 5.92 Å². The van der Waals surface area contributed by atoms with Crippen molar-refractivity contribution in [1.82, 2.24) is 5.32 Å². The highest BCUT2D eigenvalue weighted by Crippen LogP contribution is 2.26. The zero-order valence-corrected chi connectivity index (χ0v) is 11.6. The quantitative estimate of drug-likeness (QED) is 0.868. The van der Waals surface area contributed by atoms with Gasteiger partial charge in [0.15, 0.2) is 0 Å². The smallest absolute Gasteiger partial charge is 0.335 e. The molecule has 2 N–H and O–H groups in total. The van der Waals surface area contributed by atoms with Gasteiger partial charge in [-0.25, -0.2) is 4.79 Å². The Balaban J connectivity index is 1.80. The van der Waals surface area contributed by atoms with Crippen LogP contribution in [0.5, 0.6) is 0 Å². The van der Waals surface area contributed by atoms with Crippen molar-refractivity contribution in [2.75, 3.05) is 0 Å². The molecule has 0 heterocycles. The van der Waals surface area contributed by atoms with E-state index in [4.69, 9.17) is 5.11 Å². The van der Waals surface area contributed by atoms with Crippen LogP contribution in [0.4, 0.5) is 0 Å². The molecule has 2 rings (SSSR count). The van der Waals surface area contributed by atoms with Crippen LogP contribution in [0.3, 0.4) is 0 Å². The average Bonchev–Trinajstić information content (AvgIpc) is 2.46. The van der Waals surface area contributed by atoms with Gasteiger partial charge in [0.2, 0.25) is 5.91 Å². The maximum atomic E-state index is 11.9. The summed E-state index contributed by atoms with van der Waals surface area (Å²) in [4.78, 5) is 22.7. The van der Waals surface area contributed by atoms with E-state index in [1.165, 1.54) is 19.3 Å². The van der Waals surface area contributed by atoms with Crippen LogP contribution in [0, 0.1) is 5.92 Å². The molecule has 1 fully saturated rings. The molecule has 1 amide bonds. The predicted molar refractivity (Wildman–Crippen MR) is 76.4 cm³/mol. The van der Waals surface area contributed by atoms with Gasteiger partial charge in [-0.05, 0) is 36.5 Å². The highest BCUT2D eigenvalue weighted by atomic mass is 16.4. The first-order valence-electron chi connectivity index (χ1n) is 7.24. The number of nitrogens with one attached hydrogen (secondary N) is 1. The second-order valence-corrected chi connectivity index (χ2v) is 5.49. The summed E-state index contributed by atoms with van der Waals surface area (Å²) >= 11 is 0. The highest BCUT2D eigenvalue weighted by Gasteiger charge is 2.16. The summed E-state index contributed by atoms with van der Waals surface area (Å²) in [6.07, 6.45) is 6.67. The molecule has 1 aromatic rings. The number of carbonyl (C=O) groups is 2. The maximum absolute atomic E-state index is 11.9. The van der Waals surface area contributed by atoms with E-state index in [-0.39, 0.29) is 11.5 Å². The summed E-state index contributed by atoms with van der Waals surface area (Å²) < 4.78 is 0. The first kappa shape index (κ1) is 14.6. The lowest BCUT2D eigenvalue weighted by atomic mass is 9.87. The van der Waals surface area contributed by atoms with Gasteiger partial charge in [-0.15, -0.1) is 0 Å². The van der Waals surface area contributed by atoms with Crippen molar-refractivity contribution >= 4 is 11.9 Å². The van der Waals surface area contributed by atoms with Gasteiger partial charge in [0, 0.05) is 13.0 Å². The number of carboxylic acid groups (broad SMARTS) is 1. The summed E-state index contributed by atoms with van der Waals surface area (Å²) in [5.74, 6) is -0.355. The van der Waals surface area contributed by atoms with Crippen molar-refractivity contribution in [3.05, 3.63) is 35.4 Å². The van der Waals surface area contributed by atoms with Crippen molar-refractivity contribution in [3.8, 4) is 0 Å². The summed E-state index contributed by atoms with van der Waals surface area (Å²) in [7, 11) is 0. The normalized spacial score (nSPS) is 15.8. The van der Waals surface area contributed by atoms with Crippen molar-refractivity contribution in [3.63, 3.8) is 0 Å². The predicted octanol–water partition coefficient (Wildman–Crippen LogP) is 2.97. The molecule has 4 nitrogen and oxygen atoms in total. The molecular formula is C16H21NO3. The Hall–Kier alpha value is -1.84. The standard InChI is InChI=1S/C16H21NO3/c18-15(10-12-5-2-1-3-6-12)17-11-13-7-4-8-14(9-13)16(19)20/h4,7-9,12H,1-3,5-6,10-11H2,(H,17,18)(H,19,20). The minimum atomic E-state index is -0.944. The minimum Gasteiger partial charge on any atom is -0.478 e. The highest BCUT2D eigenvalue weighted by molar-refractivity contribution is 5.87. The average molecular weight is 275 g/mol. The number of carbonyl (C=O) groups excluding carboxylic acids is 1. The van der Waals surface area contributed by atoms with Crippen LogP contribution in [0.25, 0.3) is 0 Å². The molecule has 0 saturated heterocycles. The molecular weight excluding hydrogens is 254 g/mol. The Morgan fingerprint density at radius 3 is 2.65 bits per heavy atom. The van der Waals surface area contributed by atoms with Gasteiger partial charge in [0.05, 0.1) is 5.56 Å². The summed E-state index contributed by atoms with van der Waals surface area (Å²) in [5.41, 5.74) is 1.07. The molecule has 20 heavy (non-hydrogen) atoms. The second kappa shape index (κ2) is 7.08. The fraction of sp³-hybridized carbons (Fsp3) is 0.500. The third-order valence-electron chi connectivity index (χ3n) is 3.86. The zero-order chi connectivity index (χ0) is 14.4. The van der Waals surface area contributed by atoms with E-state index in [1.807, 2.05) is 6.07 Å². The maximum Gasteiger partial charge on any atom is 0.335 e. The lowest BCUT2D eigenvalue weighted by Gasteiger charge is -2.20. The molecule has 4 heteroatoms. The molecule has 1 aliphatic rings. The van der Waals surface area contributed by atoms with Crippen molar-refractivity contribution in [2.45, 2.75) is 45.1 Å². The van der Waals surface area contributed by atoms with Crippen LogP contribution in [-0.2, 0) is 11.3 Å². The van der Waals surface area contributed by atoms with Crippen LogP contribution in [0.15, 0.2) is 24.3 Å². The molecule has 1 saturated carbocycles. The van der Waals surface area contributed by atoms with Gasteiger partial charge >= 0.3 is 5.97 Å². The van der Waals surface area contributed by atoms with Crippen molar-refractivity contribution < 1.29 is 14.7 Å². The monoisotopic (exact) mass is 275 g/mol. The molecule has 1 aromatic carbocycles. The molecule has 0 aromatic heterocycles. The van der Waals surface area contributed by atoms with Gasteiger partial charge in [0.1, 0.15) is 0 Å². The fourth-order valence-corrected chi connectivity index (χ4v) is 2.74. The van der Waals surface area contributed by atoms with Crippen molar-refractivity contribution in [1.29, 1.82) is 0 Å². The Morgan fingerprint density at radius 1 is 1.20 bits per heavy atom. The number of carboxylic acids is 1. The second-order valence-electron chi connectivity index (χ2n) is 5.49. The van der Waals surface area contributed by atoms with Crippen LogP contribution in [-0.4, -0.2) is 17.0 Å². The molecule has 0 spiro atoms. The minimum absolute atomic E-state index is 0.0672. The summed E-state index contributed by atoms with van der Waals surface area (Å²) in [5, 5.41) is 11.8. The van der Waals surface area contributed by atoms with Gasteiger partial charge in [-0.2, -0.15) is 0 Å². The Bertz CT molecular complexity index is 478. The molecule has 1 aliphatic carbocycles. The van der Waals surface area contributed by atoms with E-state index in [2.05, 4.69) is 5.32 Å². The number of aromatic carboxylic acids is 1. The molecule has 0 atom stereocenters. The largest absolute Gasteiger partial charge is 0.478 e. The van der Waals surface area contributed by atoms with Gasteiger partial charge in [-0.1, -0.05) is 31.4 Å². The van der Waals surface area contributed by atoms with Gasteiger partial charge in [0.25, 0.3) is 0 Å². The third kappa shape index (κ3) is 4.37. The molecule has 0 radical (unpaired) electrons. The molecule has 108 valence electrons. The van der Waals surface area contributed by atoms with Gasteiger partial charge < -0.3 is 10.4 Å². The molecule has 0 bridgehead atoms. The SMILES string of the molecule is O=C(CC1CCCCC1)NCc1cccc(C(=O)O)c1. The van der Waals surface area contributed by atoms with Crippen LogP contribution < -0.4 is 5.32 Å². The van der Waals surface area contributed by atoms with Crippen LogP contribution >= 0.6 is 0 Å². The zero-order valence-electron chi connectivity index (χ0n) is 11.6. The lowest BCUT2D eigenvalue weighted by Crippen LogP contribution is -2.26. The van der Waals surface area contributed by atoms with Crippen LogP contribution in [0.1, 0.15) is 54.4 Å². The fourth-order valence-electron chi connectivity index (χ4n) is 2.74. The van der Waals surface area contributed by atoms with Crippen LogP contribution in [0.2, 0.25) is 0 Å². The number of rotatable bonds is 5. The lowest BCUT2D eigenvalue weighted by molar-refractivity contribution is -0.122. The van der Waals surface area contributed by atoms with E-state index in [9.17, 15) is 9.59 Å². The topological polar surface area (TPSA) is 66.4 Å². The number of amides is 1. The van der Waals surface area contributed by atoms with E-state index >= 15 is 0 Å². The van der Waals surface area contributed by atoms with Gasteiger partial charge in [-0.3, -0.25) is 4.79 Å². The Labute approximate surface area is 119 Å². The number of hydrogen-bond donors (Lipinski definition) is 2.